The zero-order valence-electron chi connectivity index (χ0n) is 12.7. The molecule has 1 saturated carbocycles. The Labute approximate surface area is 121 Å². The van der Waals surface area contributed by atoms with E-state index in [-0.39, 0.29) is 17.9 Å². The molecule has 0 radical (unpaired) electrons. The molecule has 2 unspecified atom stereocenters. The molecule has 2 fully saturated rings. The first kappa shape index (κ1) is 15.4. The van der Waals surface area contributed by atoms with Gasteiger partial charge in [0.2, 0.25) is 5.91 Å². The topological polar surface area (TPSA) is 62.7 Å². The van der Waals surface area contributed by atoms with Gasteiger partial charge in [-0.2, -0.15) is 5.10 Å². The first-order valence-electron chi connectivity index (χ1n) is 7.78. The second kappa shape index (κ2) is 7.74. The molecule has 2 N–H and O–H groups in total. The van der Waals surface area contributed by atoms with E-state index in [0.717, 1.165) is 57.3 Å². The SMILES string of the molecule is COC1CCCC(C(=O)N/N=C(\C)C2CCNCC2)C1. The van der Waals surface area contributed by atoms with Gasteiger partial charge in [-0.1, -0.05) is 6.42 Å². The van der Waals surface area contributed by atoms with E-state index in [1.165, 1.54) is 0 Å². The van der Waals surface area contributed by atoms with Crippen LogP contribution < -0.4 is 10.7 Å². The van der Waals surface area contributed by atoms with Crippen LogP contribution in [0.3, 0.4) is 0 Å². The molecule has 0 aromatic rings. The van der Waals surface area contributed by atoms with Crippen molar-refractivity contribution < 1.29 is 9.53 Å². The number of methoxy groups -OCH3 is 1. The van der Waals surface area contributed by atoms with Crippen LogP contribution in [0.1, 0.15) is 45.4 Å². The highest BCUT2D eigenvalue weighted by Gasteiger charge is 2.27. The maximum atomic E-state index is 12.2. The lowest BCUT2D eigenvalue weighted by molar-refractivity contribution is -0.127. The van der Waals surface area contributed by atoms with Crippen LogP contribution in [-0.4, -0.2) is 37.9 Å². The molecular weight excluding hydrogens is 254 g/mol. The summed E-state index contributed by atoms with van der Waals surface area (Å²) < 4.78 is 5.37. The van der Waals surface area contributed by atoms with Crippen LogP contribution in [0.4, 0.5) is 0 Å². The van der Waals surface area contributed by atoms with Crippen LogP contribution in [0.5, 0.6) is 0 Å². The summed E-state index contributed by atoms with van der Waals surface area (Å²) >= 11 is 0. The van der Waals surface area contributed by atoms with E-state index in [9.17, 15) is 4.79 Å². The number of rotatable bonds is 4. The number of hydrogen-bond acceptors (Lipinski definition) is 4. The lowest BCUT2D eigenvalue weighted by Gasteiger charge is -2.27. The minimum absolute atomic E-state index is 0.0540. The molecule has 0 spiro atoms. The van der Waals surface area contributed by atoms with Gasteiger partial charge >= 0.3 is 0 Å². The summed E-state index contributed by atoms with van der Waals surface area (Å²) in [4.78, 5) is 12.2. The number of ether oxygens (including phenoxy) is 1. The second-order valence-corrected chi connectivity index (χ2v) is 5.97. The predicted molar refractivity (Wildman–Crippen MR) is 79.6 cm³/mol. The average molecular weight is 281 g/mol. The molecule has 1 amide bonds. The lowest BCUT2D eigenvalue weighted by Crippen LogP contribution is -2.35. The Kier molecular flexibility index (Phi) is 5.98. The number of piperidine rings is 1. The zero-order chi connectivity index (χ0) is 14.4. The van der Waals surface area contributed by atoms with Gasteiger partial charge in [0.25, 0.3) is 0 Å². The maximum Gasteiger partial charge on any atom is 0.243 e. The first-order valence-corrected chi connectivity index (χ1v) is 7.78. The molecule has 20 heavy (non-hydrogen) atoms. The van der Waals surface area contributed by atoms with E-state index >= 15 is 0 Å². The molecule has 1 aliphatic heterocycles. The largest absolute Gasteiger partial charge is 0.381 e. The van der Waals surface area contributed by atoms with Gasteiger partial charge in [-0.3, -0.25) is 4.79 Å². The van der Waals surface area contributed by atoms with E-state index in [4.69, 9.17) is 4.74 Å². The third-order valence-electron chi connectivity index (χ3n) is 4.60. The Morgan fingerprint density at radius 1 is 1.20 bits per heavy atom. The number of carbonyl (C=O) groups is 1. The Morgan fingerprint density at radius 3 is 2.65 bits per heavy atom. The highest BCUT2D eigenvalue weighted by molar-refractivity contribution is 5.86. The van der Waals surface area contributed by atoms with Crippen LogP contribution in [0, 0.1) is 11.8 Å². The van der Waals surface area contributed by atoms with Crippen molar-refractivity contribution in [2.24, 2.45) is 16.9 Å². The predicted octanol–water partition coefficient (Wildman–Crippen LogP) is 1.68. The molecule has 5 heteroatoms. The number of hydrogen-bond donors (Lipinski definition) is 2. The molecule has 114 valence electrons. The van der Waals surface area contributed by atoms with Gasteiger partial charge < -0.3 is 10.1 Å². The van der Waals surface area contributed by atoms with Crippen LogP contribution in [-0.2, 0) is 9.53 Å². The van der Waals surface area contributed by atoms with Gasteiger partial charge in [-0.25, -0.2) is 5.43 Å². The lowest BCUT2D eigenvalue weighted by atomic mass is 9.87. The highest BCUT2D eigenvalue weighted by Crippen LogP contribution is 2.26. The molecule has 2 atom stereocenters. The fraction of sp³-hybridized carbons (Fsp3) is 0.867. The van der Waals surface area contributed by atoms with Gasteiger partial charge in [0.1, 0.15) is 0 Å². The van der Waals surface area contributed by atoms with Gasteiger partial charge in [-0.05, 0) is 52.1 Å². The minimum atomic E-state index is 0.0540. The molecule has 2 rings (SSSR count). The fourth-order valence-corrected chi connectivity index (χ4v) is 3.16. The van der Waals surface area contributed by atoms with Crippen LogP contribution >= 0.6 is 0 Å². The molecule has 1 heterocycles. The zero-order valence-corrected chi connectivity index (χ0v) is 12.7. The molecule has 0 bridgehead atoms. The Hall–Kier alpha value is -0.940. The van der Waals surface area contributed by atoms with E-state index in [0.29, 0.717) is 5.92 Å². The molecule has 2 aliphatic rings. The van der Waals surface area contributed by atoms with Crippen molar-refractivity contribution in [3.63, 3.8) is 0 Å². The molecule has 1 saturated heterocycles. The summed E-state index contributed by atoms with van der Waals surface area (Å²) in [5.41, 5.74) is 3.82. The number of nitrogens with one attached hydrogen (secondary N) is 2. The standard InChI is InChI=1S/C15H27N3O2/c1-11(12-6-8-16-9-7-12)17-18-15(19)13-4-3-5-14(10-13)20-2/h12-14,16H,3-10H2,1-2H3,(H,18,19)/b17-11+. The molecule has 0 aromatic carbocycles. The molecule has 0 aromatic heterocycles. The Balaban J connectivity index is 1.81. The summed E-state index contributed by atoms with van der Waals surface area (Å²) in [7, 11) is 1.73. The van der Waals surface area contributed by atoms with Crippen LogP contribution in [0.15, 0.2) is 5.10 Å². The maximum absolute atomic E-state index is 12.2. The van der Waals surface area contributed by atoms with Gasteiger partial charge in [-0.15, -0.1) is 0 Å². The van der Waals surface area contributed by atoms with E-state index in [1.54, 1.807) is 7.11 Å². The van der Waals surface area contributed by atoms with E-state index < -0.39 is 0 Å². The summed E-state index contributed by atoms with van der Waals surface area (Å²) in [6.45, 7) is 4.11. The molecular formula is C15H27N3O2. The monoisotopic (exact) mass is 281 g/mol. The summed E-state index contributed by atoms with van der Waals surface area (Å²) in [6.07, 6.45) is 6.36. The summed E-state index contributed by atoms with van der Waals surface area (Å²) in [5, 5.41) is 7.66. The first-order chi connectivity index (χ1) is 9.70. The minimum Gasteiger partial charge on any atom is -0.381 e. The van der Waals surface area contributed by atoms with E-state index in [1.807, 2.05) is 6.92 Å². The summed E-state index contributed by atoms with van der Waals surface area (Å²) in [5.74, 6) is 0.618. The van der Waals surface area contributed by atoms with Crippen molar-refractivity contribution in [1.29, 1.82) is 0 Å². The number of hydrazone groups is 1. The van der Waals surface area contributed by atoms with Crippen LogP contribution in [0.25, 0.3) is 0 Å². The van der Waals surface area contributed by atoms with Crippen molar-refractivity contribution in [2.75, 3.05) is 20.2 Å². The molecule has 5 nitrogen and oxygen atoms in total. The van der Waals surface area contributed by atoms with E-state index in [2.05, 4.69) is 15.8 Å². The van der Waals surface area contributed by atoms with Crippen molar-refractivity contribution in [1.82, 2.24) is 10.7 Å². The van der Waals surface area contributed by atoms with Crippen molar-refractivity contribution in [3.8, 4) is 0 Å². The second-order valence-electron chi connectivity index (χ2n) is 5.97. The molecule has 1 aliphatic carbocycles. The number of carbonyl (C=O) groups excluding carboxylic acids is 1. The van der Waals surface area contributed by atoms with Crippen LogP contribution in [0.2, 0.25) is 0 Å². The Bertz CT molecular complexity index is 351. The van der Waals surface area contributed by atoms with Crippen molar-refractivity contribution in [3.05, 3.63) is 0 Å². The number of amides is 1. The van der Waals surface area contributed by atoms with Gasteiger partial charge in [0.15, 0.2) is 0 Å². The highest BCUT2D eigenvalue weighted by atomic mass is 16.5. The summed E-state index contributed by atoms with van der Waals surface area (Å²) in [6, 6.07) is 0. The van der Waals surface area contributed by atoms with Gasteiger partial charge in [0.05, 0.1) is 6.10 Å². The normalized spacial score (nSPS) is 29.2. The van der Waals surface area contributed by atoms with Crippen molar-refractivity contribution in [2.45, 2.75) is 51.6 Å². The van der Waals surface area contributed by atoms with Crippen molar-refractivity contribution >= 4 is 11.6 Å². The fourth-order valence-electron chi connectivity index (χ4n) is 3.16. The third kappa shape index (κ3) is 4.28. The average Bonchev–Trinajstić information content (AvgIpc) is 2.53. The van der Waals surface area contributed by atoms with Gasteiger partial charge in [0, 0.05) is 24.7 Å². The Morgan fingerprint density at radius 2 is 1.95 bits per heavy atom. The third-order valence-corrected chi connectivity index (χ3v) is 4.60. The quantitative estimate of drug-likeness (QED) is 0.609. The smallest absolute Gasteiger partial charge is 0.243 e. The number of nitrogens with zero attached hydrogens (tertiary/aromatic N) is 1.